The van der Waals surface area contributed by atoms with E-state index in [1.807, 2.05) is 0 Å². The Hall–Kier alpha value is -1.39. The van der Waals surface area contributed by atoms with Crippen LogP contribution in [0, 0.1) is 30.2 Å². The first-order valence-corrected chi connectivity index (χ1v) is 3.75. The maximum absolute atomic E-state index is 13.0. The lowest BCUT2D eigenvalue weighted by Gasteiger charge is -2.05. The summed E-state index contributed by atoms with van der Waals surface area (Å²) < 4.78 is 51.9. The monoisotopic (exact) mass is 205 g/mol. The van der Waals surface area contributed by atoms with Crippen molar-refractivity contribution in [2.24, 2.45) is 4.99 Å². The Bertz CT molecular complexity index is 369. The summed E-state index contributed by atoms with van der Waals surface area (Å²) in [4.78, 5) is 3.30. The molecule has 0 saturated heterocycles. The molecular formula is C9H7F4N. The Morgan fingerprint density at radius 1 is 0.929 bits per heavy atom. The van der Waals surface area contributed by atoms with E-state index in [0.717, 1.165) is 13.1 Å². The molecule has 0 bridgehead atoms. The topological polar surface area (TPSA) is 12.4 Å². The van der Waals surface area contributed by atoms with Crippen LogP contribution in [-0.4, -0.2) is 13.3 Å². The van der Waals surface area contributed by atoms with E-state index in [1.54, 1.807) is 0 Å². The normalized spacial score (nSPS) is 11.3. The largest absolute Gasteiger partial charge is 0.296 e. The Morgan fingerprint density at radius 2 is 1.36 bits per heavy atom. The van der Waals surface area contributed by atoms with Crippen molar-refractivity contribution in [3.05, 3.63) is 34.4 Å². The average molecular weight is 205 g/mol. The first-order valence-electron chi connectivity index (χ1n) is 3.75. The Labute approximate surface area is 78.1 Å². The fourth-order valence-electron chi connectivity index (χ4n) is 1.00. The minimum absolute atomic E-state index is 0.673. The van der Waals surface area contributed by atoms with E-state index in [-0.39, 0.29) is 0 Å². The Morgan fingerprint density at radius 3 is 1.71 bits per heavy atom. The fourth-order valence-corrected chi connectivity index (χ4v) is 1.00. The molecular weight excluding hydrogens is 198 g/mol. The summed E-state index contributed by atoms with van der Waals surface area (Å²) in [7, 11) is 1.24. The van der Waals surface area contributed by atoms with Crippen LogP contribution in [0.2, 0.25) is 0 Å². The van der Waals surface area contributed by atoms with Crippen LogP contribution in [0.4, 0.5) is 17.6 Å². The minimum atomic E-state index is -1.42. The zero-order valence-electron chi connectivity index (χ0n) is 7.54. The van der Waals surface area contributed by atoms with Crippen LogP contribution < -0.4 is 0 Å². The van der Waals surface area contributed by atoms with Gasteiger partial charge in [-0.1, -0.05) is 0 Å². The minimum Gasteiger partial charge on any atom is -0.296 e. The molecule has 1 aromatic rings. The summed E-state index contributed by atoms with van der Waals surface area (Å²) in [5, 5.41) is 0. The molecule has 14 heavy (non-hydrogen) atoms. The lowest BCUT2D eigenvalue weighted by Crippen LogP contribution is -2.05. The maximum Gasteiger partial charge on any atom is 0.171 e. The molecule has 0 N–H and O–H groups in total. The van der Waals surface area contributed by atoms with Crippen LogP contribution in [0.15, 0.2) is 4.99 Å². The highest BCUT2D eigenvalue weighted by atomic mass is 19.2. The molecule has 0 fully saturated rings. The molecule has 0 aliphatic heterocycles. The quantitative estimate of drug-likeness (QED) is 0.379. The van der Waals surface area contributed by atoms with Crippen molar-refractivity contribution in [2.45, 2.75) is 6.92 Å². The molecule has 0 aromatic heterocycles. The summed E-state index contributed by atoms with van der Waals surface area (Å²) in [5.74, 6) is -5.63. The highest BCUT2D eigenvalue weighted by Gasteiger charge is 2.21. The highest BCUT2D eigenvalue weighted by Crippen LogP contribution is 2.22. The van der Waals surface area contributed by atoms with Gasteiger partial charge in [0.15, 0.2) is 23.3 Å². The van der Waals surface area contributed by atoms with E-state index in [4.69, 9.17) is 0 Å². The maximum atomic E-state index is 13.0. The van der Waals surface area contributed by atoms with Gasteiger partial charge in [-0.05, 0) is 6.92 Å². The first kappa shape index (κ1) is 10.7. The molecule has 0 aliphatic rings. The number of hydrogen-bond acceptors (Lipinski definition) is 1. The van der Waals surface area contributed by atoms with Crippen molar-refractivity contribution in [3.8, 4) is 0 Å². The molecule has 0 radical (unpaired) electrons. The lowest BCUT2D eigenvalue weighted by atomic mass is 10.1. The number of halogens is 4. The van der Waals surface area contributed by atoms with E-state index in [0.29, 0.717) is 0 Å². The third-order valence-electron chi connectivity index (χ3n) is 1.78. The molecule has 0 heterocycles. The SMILES string of the molecule is CN=Cc1c(F)c(F)c(C)c(F)c1F. The second-order valence-corrected chi connectivity index (χ2v) is 2.68. The Balaban J connectivity index is 3.59. The molecule has 0 unspecified atom stereocenters. The van der Waals surface area contributed by atoms with Gasteiger partial charge in [-0.25, -0.2) is 17.6 Å². The highest BCUT2D eigenvalue weighted by molar-refractivity contribution is 5.80. The van der Waals surface area contributed by atoms with Crippen LogP contribution in [-0.2, 0) is 0 Å². The van der Waals surface area contributed by atoms with E-state index in [1.165, 1.54) is 7.05 Å². The number of nitrogens with zero attached hydrogens (tertiary/aromatic N) is 1. The molecule has 0 aliphatic carbocycles. The predicted octanol–water partition coefficient (Wildman–Crippen LogP) is 2.60. The third-order valence-corrected chi connectivity index (χ3v) is 1.78. The van der Waals surface area contributed by atoms with Gasteiger partial charge in [0.25, 0.3) is 0 Å². The van der Waals surface area contributed by atoms with Crippen molar-refractivity contribution < 1.29 is 17.6 Å². The molecule has 76 valence electrons. The second-order valence-electron chi connectivity index (χ2n) is 2.68. The molecule has 1 aromatic carbocycles. The number of hydrogen-bond donors (Lipinski definition) is 0. The van der Waals surface area contributed by atoms with Crippen LogP contribution >= 0.6 is 0 Å². The standard InChI is InChI=1S/C9H7F4N/c1-4-6(10)8(12)5(3-14-2)9(13)7(4)11/h3H,1-2H3. The number of rotatable bonds is 1. The zero-order valence-corrected chi connectivity index (χ0v) is 7.54. The fraction of sp³-hybridized carbons (Fsp3) is 0.222. The van der Waals surface area contributed by atoms with Gasteiger partial charge in [-0.2, -0.15) is 0 Å². The van der Waals surface area contributed by atoms with Gasteiger partial charge in [0.05, 0.1) is 5.56 Å². The van der Waals surface area contributed by atoms with Crippen molar-refractivity contribution in [1.82, 2.24) is 0 Å². The Kier molecular flexibility index (Phi) is 2.88. The van der Waals surface area contributed by atoms with Crippen molar-refractivity contribution in [3.63, 3.8) is 0 Å². The van der Waals surface area contributed by atoms with Crippen LogP contribution in [0.3, 0.4) is 0 Å². The average Bonchev–Trinajstić information content (AvgIpc) is 2.19. The van der Waals surface area contributed by atoms with Crippen molar-refractivity contribution in [1.29, 1.82) is 0 Å². The smallest absolute Gasteiger partial charge is 0.171 e. The van der Waals surface area contributed by atoms with Gasteiger partial charge < -0.3 is 0 Å². The zero-order chi connectivity index (χ0) is 10.9. The van der Waals surface area contributed by atoms with Crippen LogP contribution in [0.1, 0.15) is 11.1 Å². The lowest BCUT2D eigenvalue weighted by molar-refractivity contribution is 0.443. The molecule has 0 amide bonds. The van der Waals surface area contributed by atoms with Gasteiger partial charge in [0.1, 0.15) is 0 Å². The molecule has 0 spiro atoms. The van der Waals surface area contributed by atoms with Gasteiger partial charge in [-0.3, -0.25) is 4.99 Å². The summed E-state index contributed by atoms with van der Waals surface area (Å²) in [6.07, 6.45) is 0.732. The van der Waals surface area contributed by atoms with Gasteiger partial charge in [-0.15, -0.1) is 0 Å². The molecule has 0 atom stereocenters. The summed E-state index contributed by atoms with van der Waals surface area (Å²) in [6.45, 7) is 0.962. The van der Waals surface area contributed by atoms with Gasteiger partial charge in [0.2, 0.25) is 0 Å². The van der Waals surface area contributed by atoms with Crippen molar-refractivity contribution >= 4 is 6.21 Å². The summed E-state index contributed by atoms with van der Waals surface area (Å²) in [5.41, 5.74) is -1.47. The van der Waals surface area contributed by atoms with Crippen LogP contribution in [0.25, 0.3) is 0 Å². The summed E-state index contributed by atoms with van der Waals surface area (Å²) >= 11 is 0. The predicted molar refractivity (Wildman–Crippen MR) is 44.5 cm³/mol. The summed E-state index contributed by atoms with van der Waals surface area (Å²) in [6, 6.07) is 0. The molecule has 0 saturated carbocycles. The molecule has 1 rings (SSSR count). The third kappa shape index (κ3) is 1.49. The van der Waals surface area contributed by atoms with Crippen LogP contribution in [0.5, 0.6) is 0 Å². The number of benzene rings is 1. The number of aliphatic imine (C=N–C) groups is 1. The molecule has 5 heteroatoms. The van der Waals surface area contributed by atoms with E-state index < -0.39 is 34.4 Å². The first-order chi connectivity index (χ1) is 6.50. The van der Waals surface area contributed by atoms with E-state index >= 15 is 0 Å². The van der Waals surface area contributed by atoms with E-state index in [9.17, 15) is 17.6 Å². The molecule has 1 nitrogen and oxygen atoms in total. The second kappa shape index (κ2) is 3.77. The van der Waals surface area contributed by atoms with E-state index in [2.05, 4.69) is 4.99 Å². The van der Waals surface area contributed by atoms with Gasteiger partial charge >= 0.3 is 0 Å². The van der Waals surface area contributed by atoms with Gasteiger partial charge in [0, 0.05) is 18.8 Å². The van der Waals surface area contributed by atoms with Crippen molar-refractivity contribution in [2.75, 3.05) is 7.05 Å².